The maximum absolute atomic E-state index is 12.3. The van der Waals surface area contributed by atoms with Gasteiger partial charge in [-0.2, -0.15) is 0 Å². The molecule has 1 aliphatic heterocycles. The van der Waals surface area contributed by atoms with Crippen molar-refractivity contribution in [3.8, 4) is 0 Å². The monoisotopic (exact) mass is 243 g/mol. The zero-order chi connectivity index (χ0) is 12.8. The molecule has 94 valence electrons. The number of nitrogens with one attached hydrogen (secondary N) is 1. The van der Waals surface area contributed by atoms with Crippen LogP contribution < -0.4 is 5.32 Å². The molecule has 2 aliphatic rings. The van der Waals surface area contributed by atoms with Crippen LogP contribution in [0.2, 0.25) is 0 Å². The molecule has 3 nitrogen and oxygen atoms in total. The van der Waals surface area contributed by atoms with E-state index in [1.165, 1.54) is 6.42 Å². The van der Waals surface area contributed by atoms with Crippen molar-refractivity contribution in [2.24, 2.45) is 0 Å². The summed E-state index contributed by atoms with van der Waals surface area (Å²) >= 11 is 0. The number of carbonyl (C=O) groups excluding carboxylic acids is 2. The largest absolute Gasteiger partial charge is 0.292 e. The van der Waals surface area contributed by atoms with Crippen molar-refractivity contribution < 1.29 is 9.59 Å². The topological polar surface area (TPSA) is 46.2 Å². The number of hydrogen-bond donors (Lipinski definition) is 1. The van der Waals surface area contributed by atoms with Crippen LogP contribution in [0.1, 0.15) is 53.6 Å². The normalized spacial score (nSPS) is 21.6. The summed E-state index contributed by atoms with van der Waals surface area (Å²) in [5, 5.41) is 2.54. The molecule has 1 N–H and O–H groups in total. The van der Waals surface area contributed by atoms with E-state index in [1.54, 1.807) is 0 Å². The van der Waals surface area contributed by atoms with E-state index in [1.807, 2.05) is 25.1 Å². The lowest BCUT2D eigenvalue weighted by Crippen LogP contribution is -2.52. The Kier molecular flexibility index (Phi) is 2.51. The fourth-order valence-electron chi connectivity index (χ4n) is 3.32. The second-order valence-corrected chi connectivity index (χ2v) is 5.48. The number of benzene rings is 1. The number of fused-ring (bicyclic) bond motifs is 2. The summed E-state index contributed by atoms with van der Waals surface area (Å²) in [4.78, 5) is 24.2. The predicted octanol–water partition coefficient (Wildman–Crippen LogP) is 2.47. The Balaban J connectivity index is 2.20. The summed E-state index contributed by atoms with van der Waals surface area (Å²) in [6, 6.07) is 5.81. The molecule has 3 heteroatoms. The van der Waals surface area contributed by atoms with Gasteiger partial charge in [0, 0.05) is 5.56 Å². The molecule has 0 bridgehead atoms. The summed E-state index contributed by atoms with van der Waals surface area (Å²) < 4.78 is 0. The van der Waals surface area contributed by atoms with Crippen molar-refractivity contribution in [2.75, 3.05) is 0 Å². The molecule has 3 rings (SSSR count). The van der Waals surface area contributed by atoms with Gasteiger partial charge in [-0.1, -0.05) is 37.0 Å². The summed E-state index contributed by atoms with van der Waals surface area (Å²) in [5.74, 6) is -0.337. The fourth-order valence-corrected chi connectivity index (χ4v) is 3.32. The van der Waals surface area contributed by atoms with E-state index in [-0.39, 0.29) is 11.8 Å². The predicted molar refractivity (Wildman–Crippen MR) is 68.4 cm³/mol. The van der Waals surface area contributed by atoms with Crippen LogP contribution >= 0.6 is 0 Å². The van der Waals surface area contributed by atoms with Gasteiger partial charge in [0.15, 0.2) is 0 Å². The van der Waals surface area contributed by atoms with Crippen LogP contribution in [-0.2, 0) is 10.2 Å². The Morgan fingerprint density at radius 1 is 1.11 bits per heavy atom. The van der Waals surface area contributed by atoms with E-state index >= 15 is 0 Å². The number of aryl methyl sites for hydroxylation is 1. The average Bonchev–Trinajstić information content (AvgIpc) is 2.37. The van der Waals surface area contributed by atoms with Crippen molar-refractivity contribution in [2.45, 2.75) is 44.4 Å². The Morgan fingerprint density at radius 2 is 1.83 bits per heavy atom. The zero-order valence-corrected chi connectivity index (χ0v) is 10.6. The van der Waals surface area contributed by atoms with Gasteiger partial charge >= 0.3 is 0 Å². The Labute approximate surface area is 107 Å². The van der Waals surface area contributed by atoms with Gasteiger partial charge in [0.05, 0.1) is 5.41 Å². The summed E-state index contributed by atoms with van der Waals surface area (Å²) in [6.07, 6.45) is 5.04. The number of carbonyl (C=O) groups is 2. The number of imide groups is 1. The molecule has 0 atom stereocenters. The molecule has 0 radical (unpaired) electrons. The van der Waals surface area contributed by atoms with Crippen molar-refractivity contribution in [3.63, 3.8) is 0 Å². The van der Waals surface area contributed by atoms with Crippen LogP contribution in [0.25, 0.3) is 0 Å². The third-order valence-electron chi connectivity index (χ3n) is 4.30. The van der Waals surface area contributed by atoms with E-state index in [0.29, 0.717) is 5.56 Å². The average molecular weight is 243 g/mol. The summed E-state index contributed by atoms with van der Waals surface area (Å²) in [7, 11) is 0. The molecule has 1 saturated carbocycles. The molecular formula is C15H17NO2. The molecule has 0 saturated heterocycles. The standard InChI is InChI=1S/C15H17NO2/c1-10-5-6-11-12(9-10)15(7-3-2-4-8-15)14(18)16-13(11)17/h5-6,9H,2-4,7-8H2,1H3,(H,16,17,18). The minimum atomic E-state index is -0.451. The fraction of sp³-hybridized carbons (Fsp3) is 0.467. The van der Waals surface area contributed by atoms with Crippen LogP contribution in [0, 0.1) is 6.92 Å². The third kappa shape index (κ3) is 1.50. The van der Waals surface area contributed by atoms with Crippen LogP contribution in [0.15, 0.2) is 18.2 Å². The quantitative estimate of drug-likeness (QED) is 0.711. The SMILES string of the molecule is Cc1ccc2c(c1)C1(CCCCC1)C(=O)NC2=O. The summed E-state index contributed by atoms with van der Waals surface area (Å²) in [5.41, 5.74) is 2.30. The first kappa shape index (κ1) is 11.5. The van der Waals surface area contributed by atoms with Gasteiger partial charge in [-0.05, 0) is 31.4 Å². The Morgan fingerprint density at radius 3 is 2.56 bits per heavy atom. The minimum absolute atomic E-state index is 0.0923. The highest BCUT2D eigenvalue weighted by Gasteiger charge is 2.46. The number of amides is 2. The molecule has 18 heavy (non-hydrogen) atoms. The second-order valence-electron chi connectivity index (χ2n) is 5.48. The third-order valence-corrected chi connectivity index (χ3v) is 4.30. The van der Waals surface area contributed by atoms with E-state index < -0.39 is 5.41 Å². The first-order chi connectivity index (χ1) is 8.63. The molecule has 1 fully saturated rings. The molecule has 1 aromatic carbocycles. The zero-order valence-electron chi connectivity index (χ0n) is 10.6. The highest BCUT2D eigenvalue weighted by Crippen LogP contribution is 2.43. The molecule has 1 aromatic rings. The van der Waals surface area contributed by atoms with E-state index in [4.69, 9.17) is 0 Å². The molecule has 1 spiro atoms. The first-order valence-corrected chi connectivity index (χ1v) is 6.60. The van der Waals surface area contributed by atoms with E-state index in [9.17, 15) is 9.59 Å². The van der Waals surface area contributed by atoms with E-state index in [0.717, 1.165) is 36.8 Å². The van der Waals surface area contributed by atoms with Crippen LogP contribution in [0.5, 0.6) is 0 Å². The molecule has 0 unspecified atom stereocenters. The van der Waals surface area contributed by atoms with Gasteiger partial charge in [0.2, 0.25) is 5.91 Å². The highest BCUT2D eigenvalue weighted by molar-refractivity contribution is 6.13. The highest BCUT2D eigenvalue weighted by atomic mass is 16.2. The number of rotatable bonds is 0. The van der Waals surface area contributed by atoms with Crippen molar-refractivity contribution in [1.82, 2.24) is 5.32 Å². The van der Waals surface area contributed by atoms with Crippen LogP contribution in [-0.4, -0.2) is 11.8 Å². The smallest absolute Gasteiger partial charge is 0.258 e. The molecule has 0 aromatic heterocycles. The maximum Gasteiger partial charge on any atom is 0.258 e. The summed E-state index contributed by atoms with van der Waals surface area (Å²) in [6.45, 7) is 2.01. The first-order valence-electron chi connectivity index (χ1n) is 6.60. The van der Waals surface area contributed by atoms with Gasteiger partial charge in [-0.15, -0.1) is 0 Å². The van der Waals surface area contributed by atoms with Crippen molar-refractivity contribution in [1.29, 1.82) is 0 Å². The number of hydrogen-bond acceptors (Lipinski definition) is 2. The van der Waals surface area contributed by atoms with Crippen molar-refractivity contribution in [3.05, 3.63) is 34.9 Å². The lowest BCUT2D eigenvalue weighted by atomic mass is 9.65. The van der Waals surface area contributed by atoms with Gasteiger partial charge in [-0.3, -0.25) is 14.9 Å². The lowest BCUT2D eigenvalue weighted by Gasteiger charge is -2.40. The lowest BCUT2D eigenvalue weighted by molar-refractivity contribution is -0.127. The molecule has 1 heterocycles. The maximum atomic E-state index is 12.3. The Hall–Kier alpha value is -1.64. The minimum Gasteiger partial charge on any atom is -0.292 e. The van der Waals surface area contributed by atoms with Crippen LogP contribution in [0.3, 0.4) is 0 Å². The van der Waals surface area contributed by atoms with Crippen LogP contribution in [0.4, 0.5) is 0 Å². The molecule has 2 amide bonds. The van der Waals surface area contributed by atoms with E-state index in [2.05, 4.69) is 5.32 Å². The molecular weight excluding hydrogens is 226 g/mol. The Bertz CT molecular complexity index is 527. The second kappa shape index (κ2) is 3.94. The van der Waals surface area contributed by atoms with Gasteiger partial charge in [0.25, 0.3) is 5.91 Å². The van der Waals surface area contributed by atoms with Gasteiger partial charge in [-0.25, -0.2) is 0 Å². The van der Waals surface area contributed by atoms with Gasteiger partial charge in [0.1, 0.15) is 0 Å². The van der Waals surface area contributed by atoms with Crippen molar-refractivity contribution >= 4 is 11.8 Å². The van der Waals surface area contributed by atoms with Gasteiger partial charge < -0.3 is 0 Å². The molecule has 1 aliphatic carbocycles.